The molecule has 0 aromatic heterocycles. The Hall–Kier alpha value is -0.830. The first kappa shape index (κ1) is 17.2. The largest absolute Gasteiger partial charge is 0.433 e. The van der Waals surface area contributed by atoms with Gasteiger partial charge < -0.3 is 9.47 Å². The SMILES string of the molecule is C=CC(=O)OC(C)OC(C)(C)CC(CC)CCC. The van der Waals surface area contributed by atoms with Crippen LogP contribution in [-0.4, -0.2) is 17.9 Å². The average molecular weight is 256 g/mol. The molecule has 0 amide bonds. The van der Waals surface area contributed by atoms with Gasteiger partial charge in [0, 0.05) is 6.08 Å². The van der Waals surface area contributed by atoms with Crippen molar-refractivity contribution >= 4 is 5.97 Å². The Labute approximate surface area is 112 Å². The summed E-state index contributed by atoms with van der Waals surface area (Å²) in [6.07, 6.45) is 5.15. The van der Waals surface area contributed by atoms with Crippen molar-refractivity contribution in [2.45, 2.75) is 72.2 Å². The third kappa shape index (κ3) is 7.49. The van der Waals surface area contributed by atoms with Gasteiger partial charge in [-0.1, -0.05) is 39.7 Å². The van der Waals surface area contributed by atoms with Crippen LogP contribution in [-0.2, 0) is 14.3 Å². The summed E-state index contributed by atoms with van der Waals surface area (Å²) in [5.74, 6) is 0.214. The number of hydrogen-bond donors (Lipinski definition) is 0. The number of carbonyl (C=O) groups is 1. The van der Waals surface area contributed by atoms with Gasteiger partial charge in [0.25, 0.3) is 0 Å². The molecular weight excluding hydrogens is 228 g/mol. The molecule has 0 rings (SSSR count). The van der Waals surface area contributed by atoms with Crippen molar-refractivity contribution in [2.75, 3.05) is 0 Å². The Morgan fingerprint density at radius 3 is 2.44 bits per heavy atom. The predicted molar refractivity (Wildman–Crippen MR) is 74.2 cm³/mol. The van der Waals surface area contributed by atoms with E-state index in [0.29, 0.717) is 5.92 Å². The van der Waals surface area contributed by atoms with Crippen molar-refractivity contribution < 1.29 is 14.3 Å². The third-order valence-electron chi connectivity index (χ3n) is 2.99. The van der Waals surface area contributed by atoms with E-state index in [4.69, 9.17) is 9.47 Å². The molecule has 0 N–H and O–H groups in total. The molecule has 3 heteroatoms. The maximum atomic E-state index is 11.1. The second-order valence-electron chi connectivity index (χ2n) is 5.35. The Morgan fingerprint density at radius 2 is 2.00 bits per heavy atom. The van der Waals surface area contributed by atoms with Gasteiger partial charge in [0.2, 0.25) is 6.29 Å². The molecule has 0 aliphatic heterocycles. The van der Waals surface area contributed by atoms with Crippen molar-refractivity contribution in [3.05, 3.63) is 12.7 Å². The minimum absolute atomic E-state index is 0.281. The lowest BCUT2D eigenvalue weighted by molar-refractivity contribution is -0.199. The summed E-state index contributed by atoms with van der Waals surface area (Å²) in [5.41, 5.74) is -0.281. The first-order valence-electron chi connectivity index (χ1n) is 6.85. The Balaban J connectivity index is 4.26. The first-order valence-corrected chi connectivity index (χ1v) is 6.85. The lowest BCUT2D eigenvalue weighted by Crippen LogP contribution is -2.33. The van der Waals surface area contributed by atoms with Crippen LogP contribution in [0.25, 0.3) is 0 Å². The van der Waals surface area contributed by atoms with Gasteiger partial charge in [-0.15, -0.1) is 0 Å². The highest BCUT2D eigenvalue weighted by atomic mass is 16.7. The van der Waals surface area contributed by atoms with E-state index in [-0.39, 0.29) is 5.60 Å². The summed E-state index contributed by atoms with van der Waals surface area (Å²) in [6, 6.07) is 0. The van der Waals surface area contributed by atoms with Crippen LogP contribution in [0.15, 0.2) is 12.7 Å². The summed E-state index contributed by atoms with van der Waals surface area (Å²) in [6.45, 7) is 13.6. The zero-order valence-corrected chi connectivity index (χ0v) is 12.5. The molecule has 2 unspecified atom stereocenters. The molecule has 2 atom stereocenters. The molecule has 0 saturated carbocycles. The van der Waals surface area contributed by atoms with E-state index in [1.54, 1.807) is 6.92 Å². The van der Waals surface area contributed by atoms with E-state index in [2.05, 4.69) is 20.4 Å². The van der Waals surface area contributed by atoms with Crippen LogP contribution in [0.3, 0.4) is 0 Å². The van der Waals surface area contributed by atoms with Crippen molar-refractivity contribution in [3.8, 4) is 0 Å². The Kier molecular flexibility index (Phi) is 7.92. The van der Waals surface area contributed by atoms with Crippen LogP contribution in [0, 0.1) is 5.92 Å². The second-order valence-corrected chi connectivity index (χ2v) is 5.35. The fourth-order valence-corrected chi connectivity index (χ4v) is 2.29. The molecule has 0 aliphatic rings. The molecule has 106 valence electrons. The number of ether oxygens (including phenoxy) is 2. The van der Waals surface area contributed by atoms with Gasteiger partial charge in [0.1, 0.15) is 0 Å². The molecular formula is C15H28O3. The highest BCUT2D eigenvalue weighted by Crippen LogP contribution is 2.27. The van der Waals surface area contributed by atoms with Crippen LogP contribution >= 0.6 is 0 Å². The molecule has 0 heterocycles. The van der Waals surface area contributed by atoms with Gasteiger partial charge in [0.05, 0.1) is 5.60 Å². The average Bonchev–Trinajstić information content (AvgIpc) is 2.26. The van der Waals surface area contributed by atoms with Crippen molar-refractivity contribution in [2.24, 2.45) is 5.92 Å². The molecule has 0 radical (unpaired) electrons. The fraction of sp³-hybridized carbons (Fsp3) is 0.800. The van der Waals surface area contributed by atoms with E-state index in [1.165, 1.54) is 12.8 Å². The predicted octanol–water partition coefficient (Wildman–Crippen LogP) is 4.07. The van der Waals surface area contributed by atoms with Crippen LogP contribution in [0.1, 0.15) is 60.3 Å². The lowest BCUT2D eigenvalue weighted by atomic mass is 9.88. The molecule has 0 aromatic carbocycles. The minimum atomic E-state index is -0.537. The molecule has 0 aliphatic carbocycles. The van der Waals surface area contributed by atoms with Gasteiger partial charge in [-0.25, -0.2) is 4.79 Å². The minimum Gasteiger partial charge on any atom is -0.433 e. The van der Waals surface area contributed by atoms with Gasteiger partial charge in [-0.05, 0) is 33.1 Å². The highest BCUT2D eigenvalue weighted by Gasteiger charge is 2.26. The van der Waals surface area contributed by atoms with Gasteiger partial charge in [0.15, 0.2) is 0 Å². The summed E-state index contributed by atoms with van der Waals surface area (Å²) < 4.78 is 10.8. The van der Waals surface area contributed by atoms with Gasteiger partial charge >= 0.3 is 5.97 Å². The molecule has 0 spiro atoms. The van der Waals surface area contributed by atoms with Gasteiger partial charge in [-0.2, -0.15) is 0 Å². The van der Waals surface area contributed by atoms with Crippen LogP contribution in [0.2, 0.25) is 0 Å². The van der Waals surface area contributed by atoms with Crippen LogP contribution in [0.5, 0.6) is 0 Å². The molecule has 0 aromatic rings. The monoisotopic (exact) mass is 256 g/mol. The standard InChI is InChI=1S/C15H28O3/c1-7-10-13(8-2)11-15(5,6)18-12(4)17-14(16)9-3/h9,12-13H,3,7-8,10-11H2,1-2,4-6H3. The number of esters is 1. The van der Waals surface area contributed by atoms with Crippen LogP contribution in [0.4, 0.5) is 0 Å². The summed E-state index contributed by atoms with van der Waals surface area (Å²) in [7, 11) is 0. The van der Waals surface area contributed by atoms with E-state index >= 15 is 0 Å². The summed E-state index contributed by atoms with van der Waals surface area (Å²) in [5, 5.41) is 0. The second kappa shape index (κ2) is 8.30. The maximum absolute atomic E-state index is 11.1. The molecule has 0 saturated heterocycles. The van der Waals surface area contributed by atoms with E-state index in [1.807, 2.05) is 13.8 Å². The Bertz CT molecular complexity index is 258. The lowest BCUT2D eigenvalue weighted by Gasteiger charge is -2.32. The van der Waals surface area contributed by atoms with E-state index < -0.39 is 12.3 Å². The smallest absolute Gasteiger partial charge is 0.332 e. The zero-order chi connectivity index (χ0) is 14.2. The third-order valence-corrected chi connectivity index (χ3v) is 2.99. The topological polar surface area (TPSA) is 35.5 Å². The van der Waals surface area contributed by atoms with Crippen molar-refractivity contribution in [3.63, 3.8) is 0 Å². The maximum Gasteiger partial charge on any atom is 0.332 e. The number of hydrogen-bond acceptors (Lipinski definition) is 3. The quantitative estimate of drug-likeness (QED) is 0.354. The molecule has 3 nitrogen and oxygen atoms in total. The zero-order valence-electron chi connectivity index (χ0n) is 12.5. The molecule has 0 fully saturated rings. The number of carbonyl (C=O) groups excluding carboxylic acids is 1. The van der Waals surface area contributed by atoms with Crippen molar-refractivity contribution in [1.82, 2.24) is 0 Å². The summed E-state index contributed by atoms with van der Waals surface area (Å²) >= 11 is 0. The first-order chi connectivity index (χ1) is 8.34. The highest BCUT2D eigenvalue weighted by molar-refractivity contribution is 5.81. The van der Waals surface area contributed by atoms with E-state index in [9.17, 15) is 4.79 Å². The Morgan fingerprint density at radius 1 is 1.39 bits per heavy atom. The van der Waals surface area contributed by atoms with Crippen molar-refractivity contribution in [1.29, 1.82) is 0 Å². The summed E-state index contributed by atoms with van der Waals surface area (Å²) in [4.78, 5) is 11.1. The number of rotatable bonds is 9. The molecule has 18 heavy (non-hydrogen) atoms. The normalized spacial score (nSPS) is 14.9. The molecule has 0 bridgehead atoms. The van der Waals surface area contributed by atoms with Gasteiger partial charge in [-0.3, -0.25) is 0 Å². The van der Waals surface area contributed by atoms with E-state index in [0.717, 1.165) is 18.9 Å². The van der Waals surface area contributed by atoms with Crippen LogP contribution < -0.4 is 0 Å². The fourth-order valence-electron chi connectivity index (χ4n) is 2.29.